The van der Waals surface area contributed by atoms with Gasteiger partial charge in [-0.15, -0.1) is 0 Å². The lowest BCUT2D eigenvalue weighted by Crippen LogP contribution is -2.41. The fourth-order valence-electron chi connectivity index (χ4n) is 5.94. The number of halogens is 6. The molecule has 0 bridgehead atoms. The van der Waals surface area contributed by atoms with E-state index in [0.717, 1.165) is 28.9 Å². The molecule has 3 atom stereocenters. The molecule has 2 heterocycles. The Morgan fingerprint density at radius 1 is 0.725 bits per heavy atom. The van der Waals surface area contributed by atoms with Crippen LogP contribution >= 0.6 is 0 Å². The van der Waals surface area contributed by atoms with E-state index in [1.165, 1.54) is 4.90 Å². The molecule has 3 unspecified atom stereocenters. The topological polar surface area (TPSA) is 32.8 Å². The second-order valence-electron chi connectivity index (χ2n) is 10.2. The molecule has 0 spiro atoms. The van der Waals surface area contributed by atoms with E-state index >= 15 is 0 Å². The van der Waals surface area contributed by atoms with Gasteiger partial charge in [-0.05, 0) is 59.4 Å². The van der Waals surface area contributed by atoms with Crippen LogP contribution in [0.2, 0.25) is 0 Å². The number of carbonyl (C=O) groups excluding carboxylic acids is 1. The van der Waals surface area contributed by atoms with E-state index in [1.54, 1.807) is 18.2 Å². The average Bonchev–Trinajstić information content (AvgIpc) is 2.96. The molecule has 0 N–H and O–H groups in total. The van der Waals surface area contributed by atoms with E-state index in [-0.39, 0.29) is 24.1 Å². The zero-order valence-corrected chi connectivity index (χ0v) is 21.5. The van der Waals surface area contributed by atoms with Crippen molar-refractivity contribution in [3.05, 3.63) is 101 Å². The Balaban J connectivity index is 1.66. The summed E-state index contributed by atoms with van der Waals surface area (Å²) in [6.07, 6.45) is -8.98. The molecule has 2 aliphatic rings. The fourth-order valence-corrected chi connectivity index (χ4v) is 5.94. The first-order valence-electron chi connectivity index (χ1n) is 13.0. The van der Waals surface area contributed by atoms with Crippen molar-refractivity contribution in [3.63, 3.8) is 0 Å². The minimum absolute atomic E-state index is 0.123. The highest BCUT2D eigenvalue weighted by Crippen LogP contribution is 2.51. The summed E-state index contributed by atoms with van der Waals surface area (Å²) in [5.74, 6) is -0.863. The Hall–Kier alpha value is -3.53. The van der Waals surface area contributed by atoms with Crippen LogP contribution in [0.15, 0.2) is 72.8 Å². The molecule has 0 radical (unpaired) electrons. The monoisotopic (exact) mass is 562 g/mol. The molecule has 4 nitrogen and oxygen atoms in total. The number of alkyl halides is 6. The maximum absolute atomic E-state index is 13.8. The number of benzene rings is 3. The van der Waals surface area contributed by atoms with Gasteiger partial charge in [0, 0.05) is 31.2 Å². The van der Waals surface area contributed by atoms with Crippen LogP contribution in [-0.4, -0.2) is 44.2 Å². The van der Waals surface area contributed by atoms with Crippen LogP contribution in [0.1, 0.15) is 52.1 Å². The van der Waals surface area contributed by atoms with Crippen molar-refractivity contribution in [3.8, 4) is 0 Å². The van der Waals surface area contributed by atoms with Crippen molar-refractivity contribution in [1.29, 1.82) is 0 Å². The van der Waals surface area contributed by atoms with Gasteiger partial charge in [0.25, 0.3) is 0 Å². The molecule has 0 aliphatic carbocycles. The lowest BCUT2D eigenvalue weighted by Gasteiger charge is -2.45. The van der Waals surface area contributed by atoms with Gasteiger partial charge in [-0.1, -0.05) is 42.5 Å². The minimum atomic E-state index is -5.00. The maximum atomic E-state index is 13.8. The minimum Gasteiger partial charge on any atom is -0.378 e. The Bertz CT molecular complexity index is 1290. The number of carbonyl (C=O) groups is 1. The number of piperidine rings is 1. The van der Waals surface area contributed by atoms with E-state index in [1.807, 2.05) is 36.4 Å². The number of morpholine rings is 1. The van der Waals surface area contributed by atoms with Crippen LogP contribution in [0, 0.1) is 0 Å². The summed E-state index contributed by atoms with van der Waals surface area (Å²) in [7, 11) is 0. The third-order valence-electron chi connectivity index (χ3n) is 7.78. The Morgan fingerprint density at radius 3 is 1.95 bits per heavy atom. The molecule has 2 aliphatic heterocycles. The van der Waals surface area contributed by atoms with Gasteiger partial charge >= 0.3 is 12.4 Å². The van der Waals surface area contributed by atoms with Crippen molar-refractivity contribution in [1.82, 2.24) is 4.90 Å². The zero-order valence-electron chi connectivity index (χ0n) is 21.5. The van der Waals surface area contributed by atoms with E-state index in [4.69, 9.17) is 4.74 Å². The van der Waals surface area contributed by atoms with Crippen LogP contribution in [-0.2, 0) is 21.9 Å². The fraction of sp³-hybridized carbons (Fsp3) is 0.367. The third kappa shape index (κ3) is 5.82. The normalized spacial score (nSPS) is 22.3. The summed E-state index contributed by atoms with van der Waals surface area (Å²) in [6, 6.07) is 17.4. The number of amides is 1. The number of ether oxygens (including phenoxy) is 1. The summed E-state index contributed by atoms with van der Waals surface area (Å²) >= 11 is 0. The van der Waals surface area contributed by atoms with Gasteiger partial charge in [0.15, 0.2) is 0 Å². The van der Waals surface area contributed by atoms with Gasteiger partial charge in [-0.3, -0.25) is 4.79 Å². The van der Waals surface area contributed by atoms with Crippen molar-refractivity contribution in [2.75, 3.05) is 37.7 Å². The van der Waals surface area contributed by atoms with Crippen molar-refractivity contribution in [2.45, 2.75) is 36.7 Å². The van der Waals surface area contributed by atoms with Gasteiger partial charge in [0.2, 0.25) is 6.41 Å². The molecule has 10 heteroatoms. The standard InChI is InChI=1S/C30H28F6N2O2/c31-29(32,33)23-15-22(16-24(18-23)30(34,35)36)28-27(20-5-2-1-3-6-20)26(9-10-38(28)19-39)21-7-4-8-25(17-21)37-11-13-40-14-12-37/h1-8,15-19,26-28H,9-14H2. The smallest absolute Gasteiger partial charge is 0.378 e. The molecule has 3 aromatic carbocycles. The van der Waals surface area contributed by atoms with Crippen molar-refractivity contribution < 1.29 is 35.9 Å². The predicted molar refractivity (Wildman–Crippen MR) is 138 cm³/mol. The van der Waals surface area contributed by atoms with E-state index in [9.17, 15) is 31.1 Å². The lowest BCUT2D eigenvalue weighted by atomic mass is 9.70. The van der Waals surface area contributed by atoms with Crippen LogP contribution < -0.4 is 4.90 Å². The molecule has 40 heavy (non-hydrogen) atoms. The van der Waals surface area contributed by atoms with Crippen LogP contribution in [0.4, 0.5) is 32.0 Å². The number of hydrogen-bond acceptors (Lipinski definition) is 3. The first kappa shape index (κ1) is 28.0. The molecule has 212 valence electrons. The highest BCUT2D eigenvalue weighted by molar-refractivity contribution is 5.54. The lowest BCUT2D eigenvalue weighted by molar-refractivity contribution is -0.143. The number of rotatable bonds is 5. The van der Waals surface area contributed by atoms with E-state index in [2.05, 4.69) is 4.90 Å². The molecular formula is C30H28F6N2O2. The highest BCUT2D eigenvalue weighted by Gasteiger charge is 2.43. The SMILES string of the molecule is O=CN1CCC(c2cccc(N3CCOCC3)c2)C(c2ccccc2)C1c1cc(C(F)(F)F)cc(C(F)(F)F)c1. The molecule has 2 fully saturated rings. The zero-order chi connectivity index (χ0) is 28.5. The molecule has 5 rings (SSSR count). The predicted octanol–water partition coefficient (Wildman–Crippen LogP) is 7.03. The molecule has 1 amide bonds. The summed E-state index contributed by atoms with van der Waals surface area (Å²) in [6.45, 7) is 2.79. The summed E-state index contributed by atoms with van der Waals surface area (Å²) < 4.78 is 88.3. The van der Waals surface area contributed by atoms with Gasteiger partial charge in [-0.25, -0.2) is 0 Å². The van der Waals surface area contributed by atoms with Gasteiger partial charge in [-0.2, -0.15) is 26.3 Å². The van der Waals surface area contributed by atoms with Crippen LogP contribution in [0.5, 0.6) is 0 Å². The second kappa shape index (κ2) is 11.2. The highest BCUT2D eigenvalue weighted by atomic mass is 19.4. The summed E-state index contributed by atoms with van der Waals surface area (Å²) in [4.78, 5) is 15.8. The average molecular weight is 563 g/mol. The van der Waals surface area contributed by atoms with Gasteiger partial charge in [0.1, 0.15) is 0 Å². The second-order valence-corrected chi connectivity index (χ2v) is 10.2. The Labute approximate surface area is 228 Å². The van der Waals surface area contributed by atoms with E-state index in [0.29, 0.717) is 39.1 Å². The number of hydrogen-bond donors (Lipinski definition) is 0. The number of likely N-dealkylation sites (tertiary alicyclic amines) is 1. The van der Waals surface area contributed by atoms with Crippen LogP contribution in [0.3, 0.4) is 0 Å². The van der Waals surface area contributed by atoms with Gasteiger partial charge in [0.05, 0.1) is 30.4 Å². The van der Waals surface area contributed by atoms with Crippen molar-refractivity contribution in [2.24, 2.45) is 0 Å². The number of nitrogens with zero attached hydrogens (tertiary/aromatic N) is 2. The van der Waals surface area contributed by atoms with Crippen LogP contribution in [0.25, 0.3) is 0 Å². The molecule has 3 aromatic rings. The summed E-state index contributed by atoms with van der Waals surface area (Å²) in [5, 5.41) is 0. The largest absolute Gasteiger partial charge is 0.416 e. The van der Waals surface area contributed by atoms with Crippen molar-refractivity contribution >= 4 is 12.1 Å². The Morgan fingerprint density at radius 2 is 1.35 bits per heavy atom. The maximum Gasteiger partial charge on any atom is 0.416 e. The molecule has 2 saturated heterocycles. The molecule has 0 aromatic heterocycles. The first-order valence-corrected chi connectivity index (χ1v) is 13.0. The summed E-state index contributed by atoms with van der Waals surface area (Å²) in [5.41, 5.74) is -0.376. The quantitative estimate of drug-likeness (QED) is 0.247. The van der Waals surface area contributed by atoms with E-state index < -0.39 is 35.4 Å². The Kier molecular flexibility index (Phi) is 7.81. The number of anilines is 1. The first-order chi connectivity index (χ1) is 19.1. The molecule has 0 saturated carbocycles. The third-order valence-corrected chi connectivity index (χ3v) is 7.78. The molecular weight excluding hydrogens is 534 g/mol. The van der Waals surface area contributed by atoms with Gasteiger partial charge < -0.3 is 14.5 Å².